The fourth-order valence-corrected chi connectivity index (χ4v) is 3.60. The summed E-state index contributed by atoms with van der Waals surface area (Å²) in [5, 5.41) is 0. The van der Waals surface area contributed by atoms with Gasteiger partial charge in [-0.25, -0.2) is 4.98 Å². The van der Waals surface area contributed by atoms with Crippen LogP contribution in [-0.2, 0) is 6.42 Å². The van der Waals surface area contributed by atoms with E-state index in [1.165, 1.54) is 94.6 Å². The van der Waals surface area contributed by atoms with E-state index in [0.29, 0.717) is 0 Å². The van der Waals surface area contributed by atoms with E-state index in [4.69, 9.17) is 4.98 Å². The summed E-state index contributed by atoms with van der Waals surface area (Å²) >= 11 is 0. The monoisotopic (exact) mass is 342 g/mol. The van der Waals surface area contributed by atoms with E-state index in [2.05, 4.69) is 37.0 Å². The van der Waals surface area contributed by atoms with Crippen molar-refractivity contribution in [2.24, 2.45) is 0 Å². The van der Waals surface area contributed by atoms with Gasteiger partial charge >= 0.3 is 0 Å². The van der Waals surface area contributed by atoms with Crippen molar-refractivity contribution < 1.29 is 0 Å². The van der Waals surface area contributed by atoms with E-state index >= 15 is 0 Å². The van der Waals surface area contributed by atoms with E-state index in [1.807, 2.05) is 0 Å². The fourth-order valence-electron chi connectivity index (χ4n) is 3.60. The van der Waals surface area contributed by atoms with Crippen LogP contribution in [0.1, 0.15) is 102 Å². The first-order chi connectivity index (χ1) is 12.3. The van der Waals surface area contributed by atoms with E-state index in [0.717, 1.165) is 17.8 Å². The molecule has 2 nitrogen and oxygen atoms in total. The predicted molar refractivity (Wildman–Crippen MR) is 110 cm³/mol. The summed E-state index contributed by atoms with van der Waals surface area (Å²) in [4.78, 5) is 8.16. The molecule has 0 bridgehead atoms. The number of nitrogens with zero attached hydrogens (tertiary/aromatic N) is 1. The zero-order valence-electron chi connectivity index (χ0n) is 16.6. The van der Waals surface area contributed by atoms with Crippen LogP contribution in [0.15, 0.2) is 18.2 Å². The average molecular weight is 343 g/mol. The van der Waals surface area contributed by atoms with Gasteiger partial charge in [0.25, 0.3) is 0 Å². The van der Waals surface area contributed by atoms with E-state index in [9.17, 15) is 0 Å². The molecule has 0 radical (unpaired) electrons. The number of imidazole rings is 1. The van der Waals surface area contributed by atoms with Crippen LogP contribution in [0.5, 0.6) is 0 Å². The Kier molecular flexibility index (Phi) is 9.69. The fraction of sp³-hybridized carbons (Fsp3) is 0.696. The molecule has 2 rings (SSSR count). The van der Waals surface area contributed by atoms with Crippen molar-refractivity contribution in [2.75, 3.05) is 0 Å². The van der Waals surface area contributed by atoms with Gasteiger partial charge in [0.1, 0.15) is 5.82 Å². The van der Waals surface area contributed by atoms with E-state index in [-0.39, 0.29) is 0 Å². The van der Waals surface area contributed by atoms with Gasteiger partial charge in [0, 0.05) is 6.42 Å². The van der Waals surface area contributed by atoms with Crippen molar-refractivity contribution in [1.82, 2.24) is 9.97 Å². The molecule has 0 aliphatic carbocycles. The number of fused-ring (bicyclic) bond motifs is 1. The van der Waals surface area contributed by atoms with Crippen molar-refractivity contribution in [1.29, 1.82) is 0 Å². The molecule has 1 aromatic heterocycles. The Labute approximate surface area is 154 Å². The maximum absolute atomic E-state index is 4.69. The van der Waals surface area contributed by atoms with Crippen molar-refractivity contribution in [3.8, 4) is 0 Å². The zero-order chi connectivity index (χ0) is 17.7. The van der Waals surface area contributed by atoms with Crippen molar-refractivity contribution in [3.63, 3.8) is 0 Å². The third-order valence-corrected chi connectivity index (χ3v) is 5.20. The molecule has 140 valence electrons. The lowest BCUT2D eigenvalue weighted by Gasteiger charge is -2.02. The third kappa shape index (κ3) is 8.07. The molecule has 0 fully saturated rings. The second-order valence-corrected chi connectivity index (χ2v) is 7.70. The van der Waals surface area contributed by atoms with E-state index in [1.54, 1.807) is 0 Å². The van der Waals surface area contributed by atoms with Gasteiger partial charge in [-0.15, -0.1) is 0 Å². The van der Waals surface area contributed by atoms with Crippen LogP contribution >= 0.6 is 0 Å². The summed E-state index contributed by atoms with van der Waals surface area (Å²) in [6.45, 7) is 4.42. The van der Waals surface area contributed by atoms with Gasteiger partial charge in [-0.05, 0) is 31.0 Å². The van der Waals surface area contributed by atoms with Gasteiger partial charge in [0.2, 0.25) is 0 Å². The van der Waals surface area contributed by atoms with E-state index < -0.39 is 0 Å². The van der Waals surface area contributed by atoms with Crippen LogP contribution in [0.3, 0.4) is 0 Å². The van der Waals surface area contributed by atoms with Crippen LogP contribution in [-0.4, -0.2) is 9.97 Å². The number of hydrogen-bond acceptors (Lipinski definition) is 1. The minimum absolute atomic E-state index is 1.09. The third-order valence-electron chi connectivity index (χ3n) is 5.20. The van der Waals surface area contributed by atoms with Crippen LogP contribution in [0, 0.1) is 6.92 Å². The summed E-state index contributed by atoms with van der Waals surface area (Å²) < 4.78 is 0. The number of nitrogens with one attached hydrogen (secondary N) is 1. The van der Waals surface area contributed by atoms with Gasteiger partial charge in [0.15, 0.2) is 0 Å². The Hall–Kier alpha value is -1.31. The Bertz CT molecular complexity index is 585. The molecule has 2 aromatic rings. The van der Waals surface area contributed by atoms with Gasteiger partial charge in [-0.1, -0.05) is 90.0 Å². The zero-order valence-corrected chi connectivity index (χ0v) is 16.6. The summed E-state index contributed by atoms with van der Waals surface area (Å²) in [6, 6.07) is 6.45. The molecule has 0 saturated carbocycles. The number of aromatic amines is 1. The molecule has 0 amide bonds. The number of aryl methyl sites for hydroxylation is 2. The van der Waals surface area contributed by atoms with Gasteiger partial charge in [0.05, 0.1) is 11.0 Å². The highest BCUT2D eigenvalue weighted by Crippen LogP contribution is 2.16. The normalized spacial score (nSPS) is 11.4. The molecule has 1 aromatic carbocycles. The van der Waals surface area contributed by atoms with Gasteiger partial charge in [-0.2, -0.15) is 0 Å². The molecular formula is C23H38N2. The second-order valence-electron chi connectivity index (χ2n) is 7.70. The number of aromatic nitrogens is 2. The van der Waals surface area contributed by atoms with Crippen molar-refractivity contribution in [2.45, 2.75) is 104 Å². The minimum Gasteiger partial charge on any atom is -0.342 e. The van der Waals surface area contributed by atoms with Crippen molar-refractivity contribution >= 4 is 11.0 Å². The molecule has 0 unspecified atom stereocenters. The first kappa shape index (κ1) is 20.0. The minimum atomic E-state index is 1.09. The maximum Gasteiger partial charge on any atom is 0.107 e. The maximum atomic E-state index is 4.69. The lowest BCUT2D eigenvalue weighted by molar-refractivity contribution is 0.538. The highest BCUT2D eigenvalue weighted by Gasteiger charge is 2.02. The highest BCUT2D eigenvalue weighted by atomic mass is 14.9. The predicted octanol–water partition coefficient (Wildman–Crippen LogP) is 7.51. The number of unbranched alkanes of at least 4 members (excludes halogenated alkanes) is 12. The van der Waals surface area contributed by atoms with Crippen LogP contribution in [0.25, 0.3) is 11.0 Å². The SMILES string of the molecule is CCCCCCCCCCCCCCCc1nc2ccc(C)cc2[nH]1. The first-order valence-electron chi connectivity index (χ1n) is 10.7. The Morgan fingerprint density at radius 1 is 0.760 bits per heavy atom. The standard InChI is InChI=1S/C23H38N2/c1-3-4-5-6-7-8-9-10-11-12-13-14-15-16-23-24-21-18-17-20(2)19-22(21)25-23/h17-19H,3-16H2,1-2H3,(H,24,25). The quantitative estimate of drug-likeness (QED) is 0.354. The molecule has 0 saturated heterocycles. The molecule has 1 N–H and O–H groups in total. The van der Waals surface area contributed by atoms with Crippen LogP contribution < -0.4 is 0 Å². The van der Waals surface area contributed by atoms with Crippen molar-refractivity contribution in [3.05, 3.63) is 29.6 Å². The number of benzene rings is 1. The molecule has 2 heteroatoms. The number of hydrogen-bond donors (Lipinski definition) is 1. The van der Waals surface area contributed by atoms with Gasteiger partial charge < -0.3 is 4.98 Å². The van der Waals surface area contributed by atoms with Crippen LogP contribution in [0.4, 0.5) is 0 Å². The number of H-pyrrole nitrogens is 1. The smallest absolute Gasteiger partial charge is 0.107 e. The van der Waals surface area contributed by atoms with Crippen LogP contribution in [0.2, 0.25) is 0 Å². The summed E-state index contributed by atoms with van der Waals surface area (Å²) in [5.41, 5.74) is 3.59. The first-order valence-corrected chi connectivity index (χ1v) is 10.7. The Morgan fingerprint density at radius 2 is 1.32 bits per heavy atom. The largest absolute Gasteiger partial charge is 0.342 e. The Balaban J connectivity index is 1.43. The average Bonchev–Trinajstić information content (AvgIpc) is 3.01. The Morgan fingerprint density at radius 3 is 1.92 bits per heavy atom. The molecular weight excluding hydrogens is 304 g/mol. The summed E-state index contributed by atoms with van der Waals surface area (Å²) in [5.74, 6) is 1.16. The molecule has 1 heterocycles. The molecule has 0 spiro atoms. The van der Waals surface area contributed by atoms with Gasteiger partial charge in [-0.3, -0.25) is 0 Å². The summed E-state index contributed by atoms with van der Waals surface area (Å²) in [6.07, 6.45) is 19.4. The molecule has 0 atom stereocenters. The molecule has 0 aliphatic heterocycles. The molecule has 25 heavy (non-hydrogen) atoms. The summed E-state index contributed by atoms with van der Waals surface area (Å²) in [7, 11) is 0. The lowest BCUT2D eigenvalue weighted by atomic mass is 10.0. The molecule has 0 aliphatic rings. The highest BCUT2D eigenvalue weighted by molar-refractivity contribution is 5.75. The second kappa shape index (κ2) is 12.1. The lowest BCUT2D eigenvalue weighted by Crippen LogP contribution is -1.89. The number of rotatable bonds is 14. The topological polar surface area (TPSA) is 28.7 Å².